The third-order valence-corrected chi connectivity index (χ3v) is 2.10. The highest BCUT2D eigenvalue weighted by Gasteiger charge is 2.00. The molecule has 0 saturated heterocycles. The molecule has 14 heavy (non-hydrogen) atoms. The van der Waals surface area contributed by atoms with Gasteiger partial charge in [0.2, 0.25) is 0 Å². The van der Waals surface area contributed by atoms with Crippen molar-refractivity contribution >= 4 is 5.97 Å². The smallest absolute Gasteiger partial charge is 0.317 e. The second-order valence-electron chi connectivity index (χ2n) is 3.43. The lowest BCUT2D eigenvalue weighted by molar-refractivity contribution is -0.135. The molecule has 1 aromatic carbocycles. The van der Waals surface area contributed by atoms with E-state index >= 15 is 0 Å². The molecule has 2 N–H and O–H groups in total. The molecule has 0 spiro atoms. The van der Waals surface area contributed by atoms with Crippen molar-refractivity contribution in [2.24, 2.45) is 0 Å². The fraction of sp³-hybridized carbons (Fsp3) is 0.364. The summed E-state index contributed by atoms with van der Waals surface area (Å²) in [4.78, 5) is 10.3. The summed E-state index contributed by atoms with van der Waals surface area (Å²) in [5.74, 6) is -0.824. The summed E-state index contributed by atoms with van der Waals surface area (Å²) in [6, 6.07) is 6.17. The average Bonchev–Trinajstić information content (AvgIpc) is 2.10. The van der Waals surface area contributed by atoms with Crippen LogP contribution in [0.3, 0.4) is 0 Å². The Labute approximate surface area is 83.8 Å². The zero-order valence-electron chi connectivity index (χ0n) is 8.50. The van der Waals surface area contributed by atoms with Crippen LogP contribution in [0.4, 0.5) is 0 Å². The standard InChI is InChI=1S/C11H15NO2/c1-8-3-4-9(2)10(5-8)6-12-7-11(13)14/h3-5,12H,6-7H2,1-2H3,(H,13,14). The molecule has 0 aliphatic carbocycles. The lowest BCUT2D eigenvalue weighted by atomic mass is 10.1. The lowest BCUT2D eigenvalue weighted by Crippen LogP contribution is -2.22. The molecule has 0 aromatic heterocycles. The Hall–Kier alpha value is -1.35. The summed E-state index contributed by atoms with van der Waals surface area (Å²) in [5.41, 5.74) is 3.54. The Morgan fingerprint density at radius 2 is 2.14 bits per heavy atom. The van der Waals surface area contributed by atoms with Crippen molar-refractivity contribution in [2.45, 2.75) is 20.4 Å². The number of carboxylic acid groups (broad SMARTS) is 1. The fourth-order valence-electron chi connectivity index (χ4n) is 1.29. The van der Waals surface area contributed by atoms with Gasteiger partial charge >= 0.3 is 5.97 Å². The van der Waals surface area contributed by atoms with Gasteiger partial charge in [0.15, 0.2) is 0 Å². The molecule has 1 aromatic rings. The number of aliphatic carboxylic acids is 1. The van der Waals surface area contributed by atoms with Crippen molar-refractivity contribution in [3.63, 3.8) is 0 Å². The molecule has 0 radical (unpaired) electrons. The maximum Gasteiger partial charge on any atom is 0.317 e. The van der Waals surface area contributed by atoms with Crippen LogP contribution in [0.15, 0.2) is 18.2 Å². The van der Waals surface area contributed by atoms with Crippen LogP contribution in [-0.2, 0) is 11.3 Å². The zero-order chi connectivity index (χ0) is 10.6. The second-order valence-corrected chi connectivity index (χ2v) is 3.43. The molecule has 0 aliphatic rings. The SMILES string of the molecule is Cc1ccc(C)c(CNCC(=O)O)c1. The summed E-state index contributed by atoms with van der Waals surface area (Å²) < 4.78 is 0. The van der Waals surface area contributed by atoms with Gasteiger partial charge in [-0.15, -0.1) is 0 Å². The molecule has 3 heteroatoms. The molecule has 0 atom stereocenters. The number of hydrogen-bond acceptors (Lipinski definition) is 2. The Balaban J connectivity index is 2.57. The lowest BCUT2D eigenvalue weighted by Gasteiger charge is -2.07. The highest BCUT2D eigenvalue weighted by Crippen LogP contribution is 2.09. The van der Waals surface area contributed by atoms with Crippen LogP contribution in [0.5, 0.6) is 0 Å². The van der Waals surface area contributed by atoms with Crippen molar-refractivity contribution in [3.8, 4) is 0 Å². The van der Waals surface area contributed by atoms with Crippen LogP contribution < -0.4 is 5.32 Å². The van der Waals surface area contributed by atoms with Crippen molar-refractivity contribution < 1.29 is 9.90 Å². The zero-order valence-corrected chi connectivity index (χ0v) is 8.50. The van der Waals surface area contributed by atoms with E-state index in [0.717, 1.165) is 5.56 Å². The van der Waals surface area contributed by atoms with Crippen LogP contribution in [0.2, 0.25) is 0 Å². The minimum atomic E-state index is -0.824. The van der Waals surface area contributed by atoms with E-state index in [1.165, 1.54) is 11.1 Å². The van der Waals surface area contributed by atoms with Crippen LogP contribution in [0.1, 0.15) is 16.7 Å². The number of hydrogen-bond donors (Lipinski definition) is 2. The van der Waals surface area contributed by atoms with E-state index in [4.69, 9.17) is 5.11 Å². The molecule has 0 aliphatic heterocycles. The number of rotatable bonds is 4. The normalized spacial score (nSPS) is 10.1. The van der Waals surface area contributed by atoms with Crippen molar-refractivity contribution in [1.82, 2.24) is 5.32 Å². The first-order chi connectivity index (χ1) is 6.59. The van der Waals surface area contributed by atoms with Gasteiger partial charge in [-0.25, -0.2) is 0 Å². The fourth-order valence-corrected chi connectivity index (χ4v) is 1.29. The molecule has 1 rings (SSSR count). The van der Waals surface area contributed by atoms with E-state index in [1.54, 1.807) is 0 Å². The van der Waals surface area contributed by atoms with Crippen molar-refractivity contribution in [2.75, 3.05) is 6.54 Å². The summed E-state index contributed by atoms with van der Waals surface area (Å²) in [5, 5.41) is 11.3. The van der Waals surface area contributed by atoms with E-state index in [-0.39, 0.29) is 6.54 Å². The molecule has 76 valence electrons. The predicted octanol–water partition coefficient (Wildman–Crippen LogP) is 1.48. The van der Waals surface area contributed by atoms with Crippen molar-refractivity contribution in [1.29, 1.82) is 0 Å². The van der Waals surface area contributed by atoms with E-state index in [1.807, 2.05) is 19.9 Å². The van der Waals surface area contributed by atoms with Gasteiger partial charge in [-0.1, -0.05) is 23.8 Å². The van der Waals surface area contributed by atoms with Gasteiger partial charge in [0.1, 0.15) is 0 Å². The number of benzene rings is 1. The molecule has 0 heterocycles. The van der Waals surface area contributed by atoms with Gasteiger partial charge < -0.3 is 10.4 Å². The number of carboxylic acids is 1. The molecule has 0 amide bonds. The summed E-state index contributed by atoms with van der Waals surface area (Å²) in [6.45, 7) is 4.67. The van der Waals surface area contributed by atoms with E-state index in [2.05, 4.69) is 17.4 Å². The summed E-state index contributed by atoms with van der Waals surface area (Å²) in [7, 11) is 0. The predicted molar refractivity (Wildman–Crippen MR) is 55.3 cm³/mol. The van der Waals surface area contributed by atoms with Gasteiger partial charge in [-0.05, 0) is 25.0 Å². The summed E-state index contributed by atoms with van der Waals surface area (Å²) >= 11 is 0. The maximum atomic E-state index is 10.3. The van der Waals surface area contributed by atoms with Crippen LogP contribution in [-0.4, -0.2) is 17.6 Å². The molecular weight excluding hydrogens is 178 g/mol. The van der Waals surface area contributed by atoms with Gasteiger partial charge in [0.25, 0.3) is 0 Å². The quantitative estimate of drug-likeness (QED) is 0.761. The number of carbonyl (C=O) groups is 1. The first kappa shape index (κ1) is 10.7. The van der Waals surface area contributed by atoms with Gasteiger partial charge in [-0.3, -0.25) is 4.79 Å². The van der Waals surface area contributed by atoms with E-state index in [9.17, 15) is 4.79 Å². The van der Waals surface area contributed by atoms with E-state index in [0.29, 0.717) is 6.54 Å². The molecule has 0 fully saturated rings. The topological polar surface area (TPSA) is 49.3 Å². The van der Waals surface area contributed by atoms with E-state index < -0.39 is 5.97 Å². The number of nitrogens with one attached hydrogen (secondary N) is 1. The summed E-state index contributed by atoms with van der Waals surface area (Å²) in [6.07, 6.45) is 0. The first-order valence-corrected chi connectivity index (χ1v) is 4.58. The second kappa shape index (κ2) is 4.77. The minimum absolute atomic E-state index is 0.00732. The van der Waals surface area contributed by atoms with Gasteiger partial charge in [0, 0.05) is 6.54 Å². The monoisotopic (exact) mass is 193 g/mol. The third kappa shape index (κ3) is 3.18. The molecule has 0 unspecified atom stereocenters. The van der Waals surface area contributed by atoms with Gasteiger partial charge in [0.05, 0.1) is 6.54 Å². The highest BCUT2D eigenvalue weighted by molar-refractivity contribution is 5.69. The number of aryl methyl sites for hydroxylation is 2. The largest absolute Gasteiger partial charge is 0.480 e. The highest BCUT2D eigenvalue weighted by atomic mass is 16.4. The average molecular weight is 193 g/mol. The molecule has 0 saturated carbocycles. The Kier molecular flexibility index (Phi) is 3.65. The maximum absolute atomic E-state index is 10.3. The van der Waals surface area contributed by atoms with Crippen LogP contribution in [0, 0.1) is 13.8 Å². The first-order valence-electron chi connectivity index (χ1n) is 4.58. The minimum Gasteiger partial charge on any atom is -0.480 e. The third-order valence-electron chi connectivity index (χ3n) is 2.10. The van der Waals surface area contributed by atoms with Crippen LogP contribution in [0.25, 0.3) is 0 Å². The molecular formula is C11H15NO2. The Morgan fingerprint density at radius 3 is 2.79 bits per heavy atom. The van der Waals surface area contributed by atoms with Gasteiger partial charge in [-0.2, -0.15) is 0 Å². The Morgan fingerprint density at radius 1 is 1.43 bits per heavy atom. The van der Waals surface area contributed by atoms with Crippen molar-refractivity contribution in [3.05, 3.63) is 34.9 Å². The van der Waals surface area contributed by atoms with Crippen LogP contribution >= 0.6 is 0 Å². The molecule has 0 bridgehead atoms. The molecule has 3 nitrogen and oxygen atoms in total. The Bertz CT molecular complexity index is 334.